The molecule has 2 aliphatic rings. The number of hydrogen-bond donors (Lipinski definition) is 0. The van der Waals surface area contributed by atoms with Gasteiger partial charge in [-0.3, -0.25) is 0 Å². The van der Waals surface area contributed by atoms with Gasteiger partial charge >= 0.3 is 0 Å². The highest BCUT2D eigenvalue weighted by Crippen LogP contribution is 2.49. The van der Waals surface area contributed by atoms with Crippen LogP contribution in [0.3, 0.4) is 0 Å². The molecule has 0 fully saturated rings. The summed E-state index contributed by atoms with van der Waals surface area (Å²) >= 11 is 0. The van der Waals surface area contributed by atoms with Crippen molar-refractivity contribution in [3.8, 4) is 11.4 Å². The highest BCUT2D eigenvalue weighted by atomic mass is 15.2. The van der Waals surface area contributed by atoms with Crippen molar-refractivity contribution in [2.45, 2.75) is 131 Å². The van der Waals surface area contributed by atoms with Crippen LogP contribution in [0.1, 0.15) is 132 Å². The third-order valence-electron chi connectivity index (χ3n) is 18.0. The highest BCUT2D eigenvalue weighted by Gasteiger charge is 2.43. The second-order valence-corrected chi connectivity index (χ2v) is 28.3. The van der Waals surface area contributed by atoms with Crippen LogP contribution >= 0.6 is 0 Å². The number of fused-ring (bicyclic) bond motifs is 17. The minimum Gasteiger partial charge on any atom is -0.310 e. The van der Waals surface area contributed by atoms with Crippen LogP contribution < -0.4 is 21.3 Å². The van der Waals surface area contributed by atoms with E-state index in [0.29, 0.717) is 0 Å². The van der Waals surface area contributed by atoms with Gasteiger partial charge in [0.25, 0.3) is 6.71 Å². The Morgan fingerprint density at radius 1 is 0.308 bits per heavy atom. The molecule has 386 valence electrons. The Hall–Kier alpha value is -7.56. The normalized spacial score (nSPS) is 13.8. The summed E-state index contributed by atoms with van der Waals surface area (Å²) in [5.74, 6) is 0. The van der Waals surface area contributed by atoms with Crippen molar-refractivity contribution in [2.75, 3.05) is 4.90 Å². The molecule has 2 aliphatic heterocycles. The van der Waals surface area contributed by atoms with Crippen molar-refractivity contribution >= 4 is 116 Å². The van der Waals surface area contributed by atoms with E-state index in [4.69, 9.17) is 0 Å². The molecule has 0 bridgehead atoms. The molecule has 0 radical (unpaired) electrons. The van der Waals surface area contributed by atoms with Gasteiger partial charge in [-0.05, 0) is 159 Å². The zero-order valence-corrected chi connectivity index (χ0v) is 48.5. The fraction of sp³-hybridized carbons (Fsp3) is 0.270. The lowest BCUT2D eigenvalue weighted by atomic mass is 9.34. The van der Waals surface area contributed by atoms with Gasteiger partial charge in [0.2, 0.25) is 0 Å². The minimum atomic E-state index is -0.0972. The quantitative estimate of drug-likeness (QED) is 0.127. The molecule has 0 spiro atoms. The van der Waals surface area contributed by atoms with Gasteiger partial charge in [-0.25, -0.2) is 0 Å². The van der Waals surface area contributed by atoms with Crippen molar-refractivity contribution < 1.29 is 0 Å². The Bertz CT molecular complexity index is 4490. The Kier molecular flexibility index (Phi) is 10.0. The zero-order chi connectivity index (χ0) is 54.5. The molecule has 12 aromatic rings. The molecular formula is C74H72BN3. The van der Waals surface area contributed by atoms with Gasteiger partial charge in [0.05, 0.1) is 22.2 Å². The molecule has 4 heterocycles. The zero-order valence-electron chi connectivity index (χ0n) is 48.5. The van der Waals surface area contributed by atoms with Crippen molar-refractivity contribution in [2.24, 2.45) is 0 Å². The van der Waals surface area contributed by atoms with Crippen molar-refractivity contribution in [3.05, 3.63) is 192 Å². The molecule has 0 saturated heterocycles. The van der Waals surface area contributed by atoms with E-state index in [1.165, 1.54) is 132 Å². The Balaban J connectivity index is 1.22. The van der Waals surface area contributed by atoms with E-state index in [2.05, 4.69) is 282 Å². The third kappa shape index (κ3) is 7.03. The Morgan fingerprint density at radius 2 is 0.756 bits per heavy atom. The lowest BCUT2D eigenvalue weighted by Gasteiger charge is -2.37. The first kappa shape index (κ1) is 48.8. The molecule has 0 aliphatic carbocycles. The molecule has 4 heteroatoms. The van der Waals surface area contributed by atoms with Crippen LogP contribution in [0.2, 0.25) is 0 Å². The number of benzene rings is 10. The van der Waals surface area contributed by atoms with Gasteiger partial charge in [0.15, 0.2) is 0 Å². The van der Waals surface area contributed by atoms with Crippen LogP contribution in [0.4, 0.5) is 17.1 Å². The standard InChI is InChI=1S/C74H72BN3/c1-70(2,3)43-24-30-48(31-25-43)76(49-32-26-44(27-33-49)71(4,5)6)50-40-63-67-64(41-50)78-62-39-46(73(10,11)12)28-34-55(62)66-65-54-23-19-18-21-52(54)51-20-16-17-22-53(51)57(65)42-60(69(66)78)75(67)59-38-47(74(13,14)15)37-58-56-36-45(72(7,8)9)29-35-61(56)77(63)68(58)59/h16-42H,1-15H3. The van der Waals surface area contributed by atoms with Gasteiger partial charge < -0.3 is 14.0 Å². The SMILES string of the molecule is CC(C)(C)c1ccc(N(c2ccc(C(C)(C)C)cc2)c2cc3c4c(c2)-n2c5cc(C(C)(C)C)ccc5c5c6c7ccccc7c7ccccc7c6cc(c52)B4c2cc(C(C)(C)C)cc4c5cc(C(C)(C)C)ccc5n-3c24)cc1. The fourth-order valence-corrected chi connectivity index (χ4v) is 13.7. The highest BCUT2D eigenvalue weighted by molar-refractivity contribution is 7.00. The van der Waals surface area contributed by atoms with Crippen LogP contribution in [-0.4, -0.2) is 15.8 Å². The molecule has 10 aromatic carbocycles. The number of anilines is 3. The van der Waals surface area contributed by atoms with E-state index in [1.54, 1.807) is 0 Å². The monoisotopic (exact) mass is 1010 g/mol. The van der Waals surface area contributed by atoms with Gasteiger partial charge in [-0.1, -0.05) is 207 Å². The summed E-state index contributed by atoms with van der Waals surface area (Å²) in [7, 11) is 0. The van der Waals surface area contributed by atoms with Crippen LogP contribution in [0, 0.1) is 0 Å². The molecule has 0 N–H and O–H groups in total. The number of nitrogens with zero attached hydrogens (tertiary/aromatic N) is 3. The fourth-order valence-electron chi connectivity index (χ4n) is 13.7. The van der Waals surface area contributed by atoms with E-state index in [9.17, 15) is 0 Å². The van der Waals surface area contributed by atoms with Crippen molar-refractivity contribution in [3.63, 3.8) is 0 Å². The molecule has 2 aromatic heterocycles. The summed E-state index contributed by atoms with van der Waals surface area (Å²) < 4.78 is 5.40. The maximum atomic E-state index is 2.72. The molecule has 14 rings (SSSR count). The minimum absolute atomic E-state index is 0.0125. The number of aromatic nitrogens is 2. The largest absolute Gasteiger partial charge is 0.310 e. The average Bonchev–Trinajstić information content (AvgIpc) is 2.20. The molecule has 0 unspecified atom stereocenters. The summed E-state index contributed by atoms with van der Waals surface area (Å²) in [4.78, 5) is 2.53. The number of hydrogen-bond acceptors (Lipinski definition) is 1. The first-order valence-corrected chi connectivity index (χ1v) is 28.5. The summed E-state index contributed by atoms with van der Waals surface area (Å²) in [6.07, 6.45) is 0. The predicted octanol–water partition coefficient (Wildman–Crippen LogP) is 18.4. The average molecular weight is 1010 g/mol. The van der Waals surface area contributed by atoms with Gasteiger partial charge in [0.1, 0.15) is 0 Å². The molecule has 78 heavy (non-hydrogen) atoms. The van der Waals surface area contributed by atoms with Crippen LogP contribution in [-0.2, 0) is 27.1 Å². The van der Waals surface area contributed by atoms with Gasteiger partial charge in [0, 0.05) is 55.2 Å². The van der Waals surface area contributed by atoms with E-state index in [-0.39, 0.29) is 33.8 Å². The van der Waals surface area contributed by atoms with E-state index in [1.807, 2.05) is 0 Å². The maximum Gasteiger partial charge on any atom is 0.252 e. The maximum absolute atomic E-state index is 2.72. The third-order valence-corrected chi connectivity index (χ3v) is 18.0. The molecular weight excluding hydrogens is 942 g/mol. The lowest BCUT2D eigenvalue weighted by Crippen LogP contribution is -2.59. The summed E-state index contributed by atoms with van der Waals surface area (Å²) in [5.41, 5.74) is 21.7. The van der Waals surface area contributed by atoms with E-state index < -0.39 is 0 Å². The Labute approximate surface area is 461 Å². The van der Waals surface area contributed by atoms with Crippen LogP contribution in [0.25, 0.3) is 87.3 Å². The molecule has 0 atom stereocenters. The smallest absolute Gasteiger partial charge is 0.252 e. The first-order chi connectivity index (χ1) is 36.9. The van der Waals surface area contributed by atoms with E-state index in [0.717, 1.165) is 17.1 Å². The topological polar surface area (TPSA) is 13.1 Å². The van der Waals surface area contributed by atoms with Gasteiger partial charge in [-0.2, -0.15) is 0 Å². The molecule has 0 saturated carbocycles. The number of rotatable bonds is 3. The van der Waals surface area contributed by atoms with Crippen LogP contribution in [0.15, 0.2) is 164 Å². The first-order valence-electron chi connectivity index (χ1n) is 28.5. The second-order valence-electron chi connectivity index (χ2n) is 28.3. The summed E-state index contributed by atoms with van der Waals surface area (Å²) in [6, 6.07) is 64.8. The predicted molar refractivity (Wildman–Crippen MR) is 340 cm³/mol. The van der Waals surface area contributed by atoms with Gasteiger partial charge in [-0.15, -0.1) is 0 Å². The Morgan fingerprint density at radius 3 is 1.31 bits per heavy atom. The summed E-state index contributed by atoms with van der Waals surface area (Å²) in [5, 5.41) is 13.1. The van der Waals surface area contributed by atoms with Crippen molar-refractivity contribution in [1.82, 2.24) is 9.13 Å². The van der Waals surface area contributed by atoms with E-state index >= 15 is 0 Å². The lowest BCUT2D eigenvalue weighted by molar-refractivity contribution is 0.590. The summed E-state index contributed by atoms with van der Waals surface area (Å²) in [6.45, 7) is 35.1. The van der Waals surface area contributed by atoms with Crippen LogP contribution in [0.5, 0.6) is 0 Å². The van der Waals surface area contributed by atoms with Crippen molar-refractivity contribution in [1.29, 1.82) is 0 Å². The molecule has 3 nitrogen and oxygen atoms in total. The molecule has 0 amide bonds. The second kappa shape index (κ2) is 16.0.